The normalized spacial score (nSPS) is 12.6. The lowest BCUT2D eigenvalue weighted by molar-refractivity contribution is -0.140. The van der Waals surface area contributed by atoms with Crippen molar-refractivity contribution in [1.29, 1.82) is 0 Å². The van der Waals surface area contributed by atoms with E-state index in [0.29, 0.717) is 6.61 Å². The average Bonchev–Trinajstić information content (AvgIpc) is 2.75. The van der Waals surface area contributed by atoms with Crippen LogP contribution < -0.4 is 5.73 Å². The number of aliphatic carboxylic acids is 1. The molecule has 0 unspecified atom stereocenters. The van der Waals surface area contributed by atoms with Gasteiger partial charge in [0.1, 0.15) is 6.04 Å². The molecule has 1 rings (SSSR count). The van der Waals surface area contributed by atoms with E-state index in [2.05, 4.69) is 11.4 Å². The van der Waals surface area contributed by atoms with Gasteiger partial charge in [0.05, 0.1) is 6.61 Å². The zero-order valence-corrected chi connectivity index (χ0v) is 9.91. The number of carbonyl (C=O) groups is 1. The van der Waals surface area contributed by atoms with Crippen LogP contribution in [0.3, 0.4) is 0 Å². The first-order valence-corrected chi connectivity index (χ1v) is 6.16. The molecular weight excluding hydrogens is 226 g/mol. The molecular formula is C11H17NO3S. The molecule has 5 heteroatoms. The average molecular weight is 243 g/mol. The molecule has 0 aliphatic rings. The van der Waals surface area contributed by atoms with Crippen LogP contribution in [0, 0.1) is 0 Å². The third-order valence-corrected chi connectivity index (χ3v) is 3.09. The van der Waals surface area contributed by atoms with E-state index in [1.165, 1.54) is 4.88 Å². The number of hydrogen-bond donors (Lipinski definition) is 2. The third kappa shape index (κ3) is 5.25. The van der Waals surface area contributed by atoms with Crippen molar-refractivity contribution in [3.8, 4) is 0 Å². The van der Waals surface area contributed by atoms with Gasteiger partial charge in [-0.15, -0.1) is 11.3 Å². The van der Waals surface area contributed by atoms with E-state index in [9.17, 15) is 4.79 Å². The molecule has 0 bridgehead atoms. The van der Waals surface area contributed by atoms with Gasteiger partial charge in [0.2, 0.25) is 0 Å². The highest BCUT2D eigenvalue weighted by molar-refractivity contribution is 7.09. The molecule has 3 N–H and O–H groups in total. The summed E-state index contributed by atoms with van der Waals surface area (Å²) in [6.07, 6.45) is 3.05. The predicted molar refractivity (Wildman–Crippen MR) is 63.7 cm³/mol. The zero-order valence-electron chi connectivity index (χ0n) is 9.09. The first kappa shape index (κ1) is 13.2. The highest BCUT2D eigenvalue weighted by Gasteiger charge is 2.10. The topological polar surface area (TPSA) is 72.5 Å². The number of aryl methyl sites for hydroxylation is 1. The summed E-state index contributed by atoms with van der Waals surface area (Å²) in [6, 6.07) is 3.26. The number of hydrogen-bond acceptors (Lipinski definition) is 4. The minimum Gasteiger partial charge on any atom is -0.480 e. The molecule has 0 saturated carbocycles. The van der Waals surface area contributed by atoms with E-state index < -0.39 is 12.0 Å². The van der Waals surface area contributed by atoms with Crippen LogP contribution in [0.15, 0.2) is 17.5 Å². The van der Waals surface area contributed by atoms with Crippen LogP contribution in [0.25, 0.3) is 0 Å². The molecule has 90 valence electrons. The summed E-state index contributed by atoms with van der Waals surface area (Å²) in [7, 11) is 0. The smallest absolute Gasteiger partial charge is 0.322 e. The third-order valence-electron chi connectivity index (χ3n) is 2.16. The Balaban J connectivity index is 1.94. The minimum absolute atomic E-state index is 0.0916. The molecule has 0 aliphatic heterocycles. The summed E-state index contributed by atoms with van der Waals surface area (Å²) in [5, 5.41) is 10.6. The van der Waals surface area contributed by atoms with E-state index >= 15 is 0 Å². The Labute approximate surface area is 99.0 Å². The van der Waals surface area contributed by atoms with Gasteiger partial charge >= 0.3 is 5.97 Å². The summed E-state index contributed by atoms with van der Waals surface area (Å²) in [5.74, 6) is -1.02. The van der Waals surface area contributed by atoms with Crippen LogP contribution in [0.1, 0.15) is 17.7 Å². The van der Waals surface area contributed by atoms with Gasteiger partial charge in [0, 0.05) is 11.5 Å². The Bertz CT molecular complexity index is 300. The van der Waals surface area contributed by atoms with Crippen molar-refractivity contribution < 1.29 is 14.6 Å². The number of ether oxygens (including phenoxy) is 1. The maximum Gasteiger partial charge on any atom is 0.322 e. The quantitative estimate of drug-likeness (QED) is 0.679. The van der Waals surface area contributed by atoms with Crippen molar-refractivity contribution in [2.24, 2.45) is 5.73 Å². The SMILES string of the molecule is N[C@H](COCCCCc1cccs1)C(=O)O. The fourth-order valence-corrected chi connectivity index (χ4v) is 1.99. The van der Waals surface area contributed by atoms with Gasteiger partial charge in [-0.05, 0) is 30.7 Å². The lowest BCUT2D eigenvalue weighted by atomic mass is 10.2. The number of unbranched alkanes of at least 4 members (excludes halogenated alkanes) is 1. The van der Waals surface area contributed by atoms with Gasteiger partial charge < -0.3 is 15.6 Å². The van der Waals surface area contributed by atoms with E-state index in [4.69, 9.17) is 15.6 Å². The van der Waals surface area contributed by atoms with Gasteiger partial charge in [-0.1, -0.05) is 6.07 Å². The molecule has 4 nitrogen and oxygen atoms in total. The molecule has 0 radical (unpaired) electrons. The predicted octanol–water partition coefficient (Wildman–Crippen LogP) is 1.50. The molecule has 0 amide bonds. The maximum absolute atomic E-state index is 10.4. The standard InChI is InChI=1S/C11H17NO3S/c12-10(11(13)14)8-15-6-2-1-4-9-5-3-7-16-9/h3,5,7,10H,1-2,4,6,8,12H2,(H,13,14)/t10-/m1/s1. The molecule has 1 aromatic rings. The van der Waals surface area contributed by atoms with Gasteiger partial charge in [-0.25, -0.2) is 0 Å². The molecule has 0 saturated heterocycles. The van der Waals surface area contributed by atoms with Crippen LogP contribution in [0.4, 0.5) is 0 Å². The number of carboxylic acids is 1. The highest BCUT2D eigenvalue weighted by atomic mass is 32.1. The Hall–Kier alpha value is -0.910. The van der Waals surface area contributed by atoms with Crippen LogP contribution >= 0.6 is 11.3 Å². The molecule has 0 aromatic carbocycles. The summed E-state index contributed by atoms with van der Waals surface area (Å²) in [6.45, 7) is 0.667. The van der Waals surface area contributed by atoms with Gasteiger partial charge in [0.25, 0.3) is 0 Å². The fraction of sp³-hybridized carbons (Fsp3) is 0.545. The lowest BCUT2D eigenvalue weighted by Crippen LogP contribution is -2.34. The molecule has 0 spiro atoms. The number of rotatable bonds is 8. The van der Waals surface area contributed by atoms with E-state index in [1.54, 1.807) is 11.3 Å². The first-order chi connectivity index (χ1) is 7.70. The second-order valence-corrected chi connectivity index (χ2v) is 4.59. The maximum atomic E-state index is 10.4. The zero-order chi connectivity index (χ0) is 11.8. The van der Waals surface area contributed by atoms with Crippen molar-refractivity contribution in [3.05, 3.63) is 22.4 Å². The Kier molecular flexibility index (Phi) is 6.07. The molecule has 1 aromatic heterocycles. The summed E-state index contributed by atoms with van der Waals surface area (Å²) in [5.41, 5.74) is 5.29. The second kappa shape index (κ2) is 7.38. The van der Waals surface area contributed by atoms with Crippen LogP contribution in [0.2, 0.25) is 0 Å². The van der Waals surface area contributed by atoms with E-state index in [1.807, 2.05) is 6.07 Å². The molecule has 1 heterocycles. The van der Waals surface area contributed by atoms with E-state index in [-0.39, 0.29) is 6.61 Å². The molecule has 1 atom stereocenters. The Morgan fingerprint density at radius 1 is 1.56 bits per heavy atom. The Morgan fingerprint density at radius 2 is 2.38 bits per heavy atom. The monoisotopic (exact) mass is 243 g/mol. The van der Waals surface area contributed by atoms with Gasteiger partial charge in [0.15, 0.2) is 0 Å². The van der Waals surface area contributed by atoms with E-state index in [0.717, 1.165) is 19.3 Å². The number of carboxylic acid groups (broad SMARTS) is 1. The Morgan fingerprint density at radius 3 is 3.00 bits per heavy atom. The van der Waals surface area contributed by atoms with Crippen molar-refractivity contribution in [3.63, 3.8) is 0 Å². The second-order valence-electron chi connectivity index (χ2n) is 3.56. The molecule has 16 heavy (non-hydrogen) atoms. The van der Waals surface area contributed by atoms with Crippen molar-refractivity contribution >= 4 is 17.3 Å². The summed E-state index contributed by atoms with van der Waals surface area (Å²) < 4.78 is 5.17. The summed E-state index contributed by atoms with van der Waals surface area (Å²) >= 11 is 1.76. The number of nitrogens with two attached hydrogens (primary N) is 1. The van der Waals surface area contributed by atoms with Crippen molar-refractivity contribution in [2.45, 2.75) is 25.3 Å². The first-order valence-electron chi connectivity index (χ1n) is 5.28. The van der Waals surface area contributed by atoms with Crippen LogP contribution in [-0.2, 0) is 16.0 Å². The van der Waals surface area contributed by atoms with Gasteiger partial charge in [-0.2, -0.15) is 0 Å². The number of thiophene rings is 1. The van der Waals surface area contributed by atoms with Gasteiger partial charge in [-0.3, -0.25) is 4.79 Å². The summed E-state index contributed by atoms with van der Waals surface area (Å²) in [4.78, 5) is 11.7. The van der Waals surface area contributed by atoms with Crippen LogP contribution in [-0.4, -0.2) is 30.3 Å². The largest absolute Gasteiger partial charge is 0.480 e. The lowest BCUT2D eigenvalue weighted by Gasteiger charge is -2.07. The minimum atomic E-state index is -1.02. The molecule has 0 fully saturated rings. The van der Waals surface area contributed by atoms with Crippen molar-refractivity contribution in [2.75, 3.05) is 13.2 Å². The highest BCUT2D eigenvalue weighted by Crippen LogP contribution is 2.11. The van der Waals surface area contributed by atoms with Crippen molar-refractivity contribution in [1.82, 2.24) is 0 Å². The molecule has 0 aliphatic carbocycles. The fourth-order valence-electron chi connectivity index (χ4n) is 1.24. The van der Waals surface area contributed by atoms with Crippen LogP contribution in [0.5, 0.6) is 0 Å².